The number of ether oxygens (including phenoxy) is 2. The number of carbonyl (C=O) groups is 1. The third kappa shape index (κ3) is 4.97. The third-order valence-electron chi connectivity index (χ3n) is 5.62. The Labute approximate surface area is 212 Å². The standard InChI is InChI=1S/C25H20BrF3N4O3/c1-2-35-23(34)21-10-13-9-17(7-8-19(13)31-21)36-16-5-3-15(4-6-16)30-24-32-20-12-14(25(27,28)29)11-18(26)22(20)33-24/h3-9,11-12,21,31H,2,10H2,1H3,(H2,30,32,33). The first-order chi connectivity index (χ1) is 17.2. The third-order valence-corrected chi connectivity index (χ3v) is 6.23. The molecule has 1 aliphatic rings. The molecule has 11 heteroatoms. The van der Waals surface area contributed by atoms with Crippen molar-refractivity contribution in [3.63, 3.8) is 0 Å². The van der Waals surface area contributed by atoms with Crippen molar-refractivity contribution in [3.8, 4) is 11.5 Å². The Bertz CT molecular complexity index is 1440. The highest BCUT2D eigenvalue weighted by Crippen LogP contribution is 2.36. The van der Waals surface area contributed by atoms with Gasteiger partial charge in [-0.05, 0) is 83.0 Å². The van der Waals surface area contributed by atoms with Crippen molar-refractivity contribution in [2.75, 3.05) is 17.2 Å². The zero-order valence-corrected chi connectivity index (χ0v) is 20.5. The van der Waals surface area contributed by atoms with Crippen molar-refractivity contribution < 1.29 is 27.4 Å². The molecule has 1 atom stereocenters. The molecule has 36 heavy (non-hydrogen) atoms. The van der Waals surface area contributed by atoms with Crippen molar-refractivity contribution in [1.29, 1.82) is 0 Å². The van der Waals surface area contributed by atoms with Crippen LogP contribution in [-0.4, -0.2) is 28.6 Å². The van der Waals surface area contributed by atoms with E-state index in [0.29, 0.717) is 41.7 Å². The number of hydrogen-bond donors (Lipinski definition) is 3. The molecule has 0 aliphatic carbocycles. The van der Waals surface area contributed by atoms with Gasteiger partial charge in [0, 0.05) is 22.3 Å². The van der Waals surface area contributed by atoms with Crippen LogP contribution in [0.2, 0.25) is 0 Å². The van der Waals surface area contributed by atoms with Gasteiger partial charge in [0.1, 0.15) is 23.1 Å². The molecule has 0 saturated heterocycles. The van der Waals surface area contributed by atoms with Gasteiger partial charge in [-0.2, -0.15) is 13.2 Å². The molecule has 2 heterocycles. The summed E-state index contributed by atoms with van der Waals surface area (Å²) in [6.45, 7) is 2.11. The van der Waals surface area contributed by atoms with Crippen LogP contribution < -0.4 is 15.4 Å². The van der Waals surface area contributed by atoms with Gasteiger partial charge in [-0.3, -0.25) is 0 Å². The Morgan fingerprint density at radius 1 is 1.14 bits per heavy atom. The number of rotatable bonds is 6. The first-order valence-corrected chi connectivity index (χ1v) is 11.9. The van der Waals surface area contributed by atoms with E-state index in [1.54, 1.807) is 31.2 Å². The molecule has 5 rings (SSSR count). The zero-order valence-electron chi connectivity index (χ0n) is 18.9. The highest BCUT2D eigenvalue weighted by Gasteiger charge is 2.32. The first-order valence-electron chi connectivity index (χ1n) is 11.1. The summed E-state index contributed by atoms with van der Waals surface area (Å²) in [5.74, 6) is 1.25. The second kappa shape index (κ2) is 9.38. The van der Waals surface area contributed by atoms with E-state index in [1.807, 2.05) is 18.2 Å². The van der Waals surface area contributed by atoms with Gasteiger partial charge in [0.2, 0.25) is 5.95 Å². The van der Waals surface area contributed by atoms with Gasteiger partial charge < -0.3 is 25.1 Å². The summed E-state index contributed by atoms with van der Waals surface area (Å²) in [5.41, 5.74) is 2.40. The smallest absolute Gasteiger partial charge is 0.416 e. The van der Waals surface area contributed by atoms with Gasteiger partial charge in [-0.15, -0.1) is 0 Å². The van der Waals surface area contributed by atoms with E-state index < -0.39 is 17.8 Å². The highest BCUT2D eigenvalue weighted by atomic mass is 79.9. The zero-order chi connectivity index (χ0) is 25.4. The van der Waals surface area contributed by atoms with Crippen molar-refractivity contribution in [1.82, 2.24) is 9.97 Å². The number of nitrogens with one attached hydrogen (secondary N) is 3. The molecule has 186 valence electrons. The Hall–Kier alpha value is -3.73. The molecule has 0 bridgehead atoms. The number of aromatic amines is 1. The van der Waals surface area contributed by atoms with E-state index in [2.05, 4.69) is 36.5 Å². The Morgan fingerprint density at radius 3 is 2.61 bits per heavy atom. The molecule has 1 aliphatic heterocycles. The number of fused-ring (bicyclic) bond motifs is 2. The summed E-state index contributed by atoms with van der Waals surface area (Å²) in [6, 6.07) is 14.2. The lowest BCUT2D eigenvalue weighted by Crippen LogP contribution is -2.28. The molecule has 0 radical (unpaired) electrons. The maximum Gasteiger partial charge on any atom is 0.416 e. The maximum absolute atomic E-state index is 13.1. The second-order valence-corrected chi connectivity index (χ2v) is 9.02. The number of aromatic nitrogens is 2. The summed E-state index contributed by atoms with van der Waals surface area (Å²) in [4.78, 5) is 19.2. The molecule has 0 saturated carbocycles. The topological polar surface area (TPSA) is 88.3 Å². The molecule has 0 spiro atoms. The predicted molar refractivity (Wildman–Crippen MR) is 133 cm³/mol. The minimum Gasteiger partial charge on any atom is -0.464 e. The van der Waals surface area contributed by atoms with E-state index in [-0.39, 0.29) is 16.0 Å². The molecule has 7 nitrogen and oxygen atoms in total. The number of alkyl halides is 3. The number of hydrogen-bond acceptors (Lipinski definition) is 6. The van der Waals surface area contributed by atoms with E-state index in [4.69, 9.17) is 9.47 Å². The summed E-state index contributed by atoms with van der Waals surface area (Å²) < 4.78 is 50.5. The summed E-state index contributed by atoms with van der Waals surface area (Å²) in [5, 5.41) is 6.21. The molecule has 4 aromatic rings. The van der Waals surface area contributed by atoms with Crippen molar-refractivity contribution in [2.24, 2.45) is 0 Å². The SMILES string of the molecule is CCOC(=O)C1Cc2cc(Oc3ccc(Nc4nc5c(Br)cc(C(F)(F)F)cc5[nH]4)cc3)ccc2N1. The normalized spacial score (nSPS) is 14.9. The molecule has 3 N–H and O–H groups in total. The number of carbonyl (C=O) groups excluding carboxylic acids is 1. The number of nitrogens with zero attached hydrogens (tertiary/aromatic N) is 1. The van der Waals surface area contributed by atoms with E-state index >= 15 is 0 Å². The van der Waals surface area contributed by atoms with Crippen LogP contribution in [-0.2, 0) is 22.1 Å². The Balaban J connectivity index is 1.26. The van der Waals surface area contributed by atoms with Crippen LogP contribution in [0.4, 0.5) is 30.5 Å². The average molecular weight is 561 g/mol. The molecule has 0 fully saturated rings. The van der Waals surface area contributed by atoms with Gasteiger partial charge in [-0.25, -0.2) is 9.78 Å². The minimum atomic E-state index is -4.46. The number of imidazole rings is 1. The molecular formula is C25H20BrF3N4O3. The predicted octanol–water partition coefficient (Wildman–Crippen LogP) is 6.78. The Morgan fingerprint density at radius 2 is 1.89 bits per heavy atom. The van der Waals surface area contributed by atoms with E-state index in [1.165, 1.54) is 0 Å². The number of esters is 1. The number of halogens is 4. The highest BCUT2D eigenvalue weighted by molar-refractivity contribution is 9.10. The Kier molecular flexibility index (Phi) is 6.25. The second-order valence-electron chi connectivity index (χ2n) is 8.16. The quantitative estimate of drug-likeness (QED) is 0.225. The first kappa shape index (κ1) is 24.0. The summed E-state index contributed by atoms with van der Waals surface area (Å²) in [7, 11) is 0. The summed E-state index contributed by atoms with van der Waals surface area (Å²) in [6.07, 6.45) is -3.94. The van der Waals surface area contributed by atoms with Crippen LogP contribution in [0.25, 0.3) is 11.0 Å². The lowest BCUT2D eigenvalue weighted by Gasteiger charge is -2.09. The van der Waals surface area contributed by atoms with Crippen molar-refractivity contribution in [3.05, 3.63) is 70.2 Å². The van der Waals surface area contributed by atoms with Crippen LogP contribution in [0.1, 0.15) is 18.1 Å². The molecular weight excluding hydrogens is 541 g/mol. The van der Waals surface area contributed by atoms with Gasteiger partial charge in [0.25, 0.3) is 0 Å². The fourth-order valence-corrected chi connectivity index (χ4v) is 4.51. The van der Waals surface area contributed by atoms with Gasteiger partial charge in [0.05, 0.1) is 17.7 Å². The lowest BCUT2D eigenvalue weighted by atomic mass is 10.1. The van der Waals surface area contributed by atoms with Crippen LogP contribution in [0.15, 0.2) is 59.1 Å². The monoisotopic (exact) mass is 560 g/mol. The fraction of sp³-hybridized carbons (Fsp3) is 0.200. The van der Waals surface area contributed by atoms with Gasteiger partial charge in [0.15, 0.2) is 0 Å². The molecule has 3 aromatic carbocycles. The van der Waals surface area contributed by atoms with Crippen LogP contribution >= 0.6 is 15.9 Å². The van der Waals surface area contributed by atoms with Crippen molar-refractivity contribution >= 4 is 50.3 Å². The van der Waals surface area contributed by atoms with Crippen LogP contribution in [0.5, 0.6) is 11.5 Å². The largest absolute Gasteiger partial charge is 0.464 e. The maximum atomic E-state index is 13.1. The average Bonchev–Trinajstić information content (AvgIpc) is 3.44. The van der Waals surface area contributed by atoms with Gasteiger partial charge in [-0.1, -0.05) is 0 Å². The molecule has 0 amide bonds. The number of benzene rings is 3. The summed E-state index contributed by atoms with van der Waals surface area (Å²) >= 11 is 3.16. The molecule has 1 aromatic heterocycles. The van der Waals surface area contributed by atoms with Gasteiger partial charge >= 0.3 is 12.1 Å². The molecule has 1 unspecified atom stereocenters. The van der Waals surface area contributed by atoms with E-state index in [0.717, 1.165) is 23.4 Å². The van der Waals surface area contributed by atoms with Crippen LogP contribution in [0, 0.1) is 0 Å². The minimum absolute atomic E-state index is 0.249. The van der Waals surface area contributed by atoms with Crippen LogP contribution in [0.3, 0.4) is 0 Å². The fourth-order valence-electron chi connectivity index (χ4n) is 3.96. The number of anilines is 3. The van der Waals surface area contributed by atoms with Crippen molar-refractivity contribution in [2.45, 2.75) is 25.6 Å². The number of H-pyrrole nitrogens is 1. The lowest BCUT2D eigenvalue weighted by molar-refractivity contribution is -0.143. The van der Waals surface area contributed by atoms with E-state index in [9.17, 15) is 18.0 Å².